The van der Waals surface area contributed by atoms with Gasteiger partial charge in [-0.1, -0.05) is 12.1 Å². The Balaban J connectivity index is 2.37. The Morgan fingerprint density at radius 3 is 2.47 bits per heavy atom. The quantitative estimate of drug-likeness (QED) is 0.668. The number of aromatic nitrogens is 3. The van der Waals surface area contributed by atoms with E-state index in [0.717, 1.165) is 23.5 Å². The van der Waals surface area contributed by atoms with Crippen LogP contribution in [0.2, 0.25) is 0 Å². The molecule has 0 N–H and O–H groups in total. The van der Waals surface area contributed by atoms with Gasteiger partial charge in [-0.25, -0.2) is 9.97 Å². The summed E-state index contributed by atoms with van der Waals surface area (Å²) < 4.78 is 1.63. The number of carbonyl (C=O) groups excluding carboxylic acids is 2. The van der Waals surface area contributed by atoms with Crippen molar-refractivity contribution in [2.45, 2.75) is 0 Å². The van der Waals surface area contributed by atoms with Crippen LogP contribution in [0.5, 0.6) is 0 Å². The molecule has 0 atom stereocenters. The third kappa shape index (κ3) is 1.81. The van der Waals surface area contributed by atoms with Gasteiger partial charge < -0.3 is 0 Å². The molecular weight excluding hydrogens is 242 g/mol. The predicted molar refractivity (Wildman–Crippen MR) is 69.6 cm³/mol. The molecule has 3 aromatic rings. The van der Waals surface area contributed by atoms with E-state index in [1.54, 1.807) is 47.3 Å². The molecule has 5 nitrogen and oxygen atoms in total. The SMILES string of the molecule is O=Cc1ccc2cc(C=O)n(-c3ncccn3)c2c1. The minimum absolute atomic E-state index is 0.405. The first-order valence-electron chi connectivity index (χ1n) is 5.67. The number of hydrogen-bond donors (Lipinski definition) is 0. The van der Waals surface area contributed by atoms with E-state index in [9.17, 15) is 9.59 Å². The van der Waals surface area contributed by atoms with Crippen molar-refractivity contribution in [1.29, 1.82) is 0 Å². The highest BCUT2D eigenvalue weighted by molar-refractivity contribution is 5.93. The highest BCUT2D eigenvalue weighted by Gasteiger charge is 2.12. The van der Waals surface area contributed by atoms with Crippen molar-refractivity contribution in [3.8, 4) is 5.95 Å². The Labute approximate surface area is 108 Å². The summed E-state index contributed by atoms with van der Waals surface area (Å²) in [5, 5.41) is 0.861. The second kappa shape index (κ2) is 4.45. The number of aldehydes is 2. The van der Waals surface area contributed by atoms with Gasteiger partial charge in [-0.05, 0) is 18.2 Å². The first-order chi connectivity index (χ1) is 9.33. The summed E-state index contributed by atoms with van der Waals surface area (Å²) in [6.45, 7) is 0. The maximum absolute atomic E-state index is 11.2. The van der Waals surface area contributed by atoms with E-state index in [-0.39, 0.29) is 0 Å². The second-order valence-corrected chi connectivity index (χ2v) is 4.01. The molecule has 0 aliphatic carbocycles. The summed E-state index contributed by atoms with van der Waals surface area (Å²) in [6.07, 6.45) is 4.72. The zero-order valence-electron chi connectivity index (χ0n) is 9.85. The molecule has 0 radical (unpaired) electrons. The van der Waals surface area contributed by atoms with Crippen molar-refractivity contribution in [3.63, 3.8) is 0 Å². The van der Waals surface area contributed by atoms with E-state index in [0.29, 0.717) is 17.2 Å². The van der Waals surface area contributed by atoms with E-state index in [4.69, 9.17) is 0 Å². The van der Waals surface area contributed by atoms with Crippen LogP contribution < -0.4 is 0 Å². The van der Waals surface area contributed by atoms with Gasteiger partial charge in [0.25, 0.3) is 0 Å². The van der Waals surface area contributed by atoms with Crippen molar-refractivity contribution in [2.75, 3.05) is 0 Å². The van der Waals surface area contributed by atoms with Crippen LogP contribution >= 0.6 is 0 Å². The third-order valence-corrected chi connectivity index (χ3v) is 2.87. The molecule has 3 rings (SSSR count). The topological polar surface area (TPSA) is 64.8 Å². The van der Waals surface area contributed by atoms with Crippen LogP contribution in [-0.4, -0.2) is 27.1 Å². The van der Waals surface area contributed by atoms with Crippen molar-refractivity contribution in [1.82, 2.24) is 14.5 Å². The summed E-state index contributed by atoms with van der Waals surface area (Å²) in [5.41, 5.74) is 1.72. The Hall–Kier alpha value is -2.82. The van der Waals surface area contributed by atoms with Gasteiger partial charge in [0.2, 0.25) is 5.95 Å². The van der Waals surface area contributed by atoms with Crippen LogP contribution in [-0.2, 0) is 0 Å². The number of nitrogens with zero attached hydrogens (tertiary/aromatic N) is 3. The fourth-order valence-corrected chi connectivity index (χ4v) is 2.03. The van der Waals surface area contributed by atoms with Crippen LogP contribution in [0.1, 0.15) is 20.8 Å². The molecule has 0 bridgehead atoms. The molecular formula is C14H9N3O2. The standard InChI is InChI=1S/C14H9N3O2/c18-8-10-2-3-11-7-12(9-19)17(13(11)6-10)14-15-4-1-5-16-14/h1-9H. The molecule has 5 heteroatoms. The Morgan fingerprint density at radius 2 is 1.79 bits per heavy atom. The zero-order valence-corrected chi connectivity index (χ0v) is 9.85. The van der Waals surface area contributed by atoms with Gasteiger partial charge in [-0.2, -0.15) is 0 Å². The lowest BCUT2D eigenvalue weighted by molar-refractivity contribution is 0.111. The van der Waals surface area contributed by atoms with Gasteiger partial charge in [0.1, 0.15) is 6.29 Å². The normalized spacial score (nSPS) is 10.5. The van der Waals surface area contributed by atoms with Gasteiger partial charge in [0.15, 0.2) is 6.29 Å². The van der Waals surface area contributed by atoms with E-state index >= 15 is 0 Å². The number of benzene rings is 1. The summed E-state index contributed by atoms with van der Waals surface area (Å²) in [4.78, 5) is 30.3. The van der Waals surface area contributed by atoms with Crippen molar-refractivity contribution < 1.29 is 9.59 Å². The van der Waals surface area contributed by atoms with Gasteiger partial charge in [0, 0.05) is 23.3 Å². The molecule has 2 heterocycles. The zero-order chi connectivity index (χ0) is 13.2. The van der Waals surface area contributed by atoms with Gasteiger partial charge in [-0.15, -0.1) is 0 Å². The molecule has 0 spiro atoms. The monoisotopic (exact) mass is 251 g/mol. The smallest absolute Gasteiger partial charge is 0.234 e. The molecule has 92 valence electrons. The maximum atomic E-state index is 11.2. The molecule has 2 aromatic heterocycles. The van der Waals surface area contributed by atoms with Gasteiger partial charge >= 0.3 is 0 Å². The highest BCUT2D eigenvalue weighted by Crippen LogP contribution is 2.22. The van der Waals surface area contributed by atoms with Crippen LogP contribution in [0, 0.1) is 0 Å². The number of fused-ring (bicyclic) bond motifs is 1. The fraction of sp³-hybridized carbons (Fsp3) is 0. The van der Waals surface area contributed by atoms with Crippen LogP contribution in [0.25, 0.3) is 16.9 Å². The largest absolute Gasteiger partial charge is 0.298 e. The average Bonchev–Trinajstić information content (AvgIpc) is 2.85. The number of rotatable bonds is 3. The first kappa shape index (κ1) is 11.3. The number of carbonyl (C=O) groups is 2. The molecule has 19 heavy (non-hydrogen) atoms. The summed E-state index contributed by atoms with van der Waals surface area (Å²) in [5.74, 6) is 0.405. The molecule has 0 saturated heterocycles. The first-order valence-corrected chi connectivity index (χ1v) is 5.67. The Kier molecular flexibility index (Phi) is 2.64. The molecule has 0 fully saturated rings. The van der Waals surface area contributed by atoms with E-state index in [1.807, 2.05) is 0 Å². The fourth-order valence-electron chi connectivity index (χ4n) is 2.03. The van der Waals surface area contributed by atoms with Crippen LogP contribution in [0.15, 0.2) is 42.7 Å². The lowest BCUT2D eigenvalue weighted by Crippen LogP contribution is -2.03. The highest BCUT2D eigenvalue weighted by atomic mass is 16.1. The molecule has 0 amide bonds. The van der Waals surface area contributed by atoms with E-state index in [1.165, 1.54) is 0 Å². The predicted octanol–water partition coefficient (Wildman–Crippen LogP) is 2.05. The molecule has 0 aliphatic rings. The van der Waals surface area contributed by atoms with Gasteiger partial charge in [0.05, 0.1) is 11.2 Å². The lowest BCUT2D eigenvalue weighted by atomic mass is 10.2. The second-order valence-electron chi connectivity index (χ2n) is 4.01. The van der Waals surface area contributed by atoms with Gasteiger partial charge in [-0.3, -0.25) is 14.2 Å². The summed E-state index contributed by atoms with van der Waals surface area (Å²) >= 11 is 0. The third-order valence-electron chi connectivity index (χ3n) is 2.87. The molecule has 1 aromatic carbocycles. The average molecular weight is 251 g/mol. The maximum Gasteiger partial charge on any atom is 0.234 e. The lowest BCUT2D eigenvalue weighted by Gasteiger charge is -2.04. The summed E-state index contributed by atoms with van der Waals surface area (Å²) in [7, 11) is 0. The minimum atomic E-state index is 0.405. The van der Waals surface area contributed by atoms with Crippen molar-refractivity contribution in [2.24, 2.45) is 0 Å². The van der Waals surface area contributed by atoms with Crippen LogP contribution in [0.4, 0.5) is 0 Å². The number of hydrogen-bond acceptors (Lipinski definition) is 4. The Morgan fingerprint density at radius 1 is 1.00 bits per heavy atom. The Bertz CT molecular complexity index is 763. The summed E-state index contributed by atoms with van der Waals surface area (Å²) in [6, 6.07) is 8.66. The molecule has 0 unspecified atom stereocenters. The van der Waals surface area contributed by atoms with E-state index < -0.39 is 0 Å². The minimum Gasteiger partial charge on any atom is -0.298 e. The van der Waals surface area contributed by atoms with Crippen molar-refractivity contribution in [3.05, 3.63) is 54.0 Å². The molecule has 0 saturated carbocycles. The van der Waals surface area contributed by atoms with Crippen LogP contribution in [0.3, 0.4) is 0 Å². The van der Waals surface area contributed by atoms with E-state index in [2.05, 4.69) is 9.97 Å². The van der Waals surface area contributed by atoms with Crippen molar-refractivity contribution >= 4 is 23.5 Å². The molecule has 0 aliphatic heterocycles.